The van der Waals surface area contributed by atoms with Crippen LogP contribution in [0, 0.1) is 5.92 Å². The van der Waals surface area contributed by atoms with E-state index in [9.17, 15) is 0 Å². The maximum Gasteiger partial charge on any atom is 0.0555 e. The van der Waals surface area contributed by atoms with Crippen LogP contribution >= 0.6 is 0 Å². The number of fused-ring (bicyclic) bond motifs is 1. The molecule has 0 aliphatic carbocycles. The van der Waals surface area contributed by atoms with Crippen molar-refractivity contribution in [3.8, 4) is 0 Å². The largest absolute Gasteiger partial charge is 0.395 e. The minimum absolute atomic E-state index is 0.265. The molecule has 2 fully saturated rings. The Balaban J connectivity index is 1.81. The van der Waals surface area contributed by atoms with Crippen molar-refractivity contribution in [3.63, 3.8) is 0 Å². The predicted molar refractivity (Wildman–Crippen MR) is 61.9 cm³/mol. The molecule has 2 aliphatic rings. The Morgan fingerprint density at radius 3 is 2.87 bits per heavy atom. The van der Waals surface area contributed by atoms with E-state index in [1.807, 2.05) is 0 Å². The molecule has 3 nitrogen and oxygen atoms in total. The number of aliphatic hydroxyl groups excluding tert-OH is 1. The van der Waals surface area contributed by atoms with E-state index in [1.54, 1.807) is 0 Å². The molecule has 2 rings (SSSR count). The Bertz CT molecular complexity index is 184. The second-order valence-electron chi connectivity index (χ2n) is 4.93. The van der Waals surface area contributed by atoms with Crippen molar-refractivity contribution in [3.05, 3.63) is 0 Å². The Morgan fingerprint density at radius 1 is 1.13 bits per heavy atom. The topological polar surface area (TPSA) is 35.5 Å². The zero-order valence-electron chi connectivity index (χ0n) is 9.62. The summed E-state index contributed by atoms with van der Waals surface area (Å²) in [5, 5.41) is 12.1. The lowest BCUT2D eigenvalue weighted by Crippen LogP contribution is -2.50. The second-order valence-corrected chi connectivity index (χ2v) is 4.93. The Morgan fingerprint density at radius 2 is 2.00 bits per heavy atom. The fraction of sp³-hybridized carbons (Fsp3) is 1.00. The van der Waals surface area contributed by atoms with Gasteiger partial charge < -0.3 is 15.3 Å². The van der Waals surface area contributed by atoms with E-state index in [2.05, 4.69) is 10.2 Å². The van der Waals surface area contributed by atoms with Crippen LogP contribution in [0.1, 0.15) is 32.1 Å². The Labute approximate surface area is 92.8 Å². The van der Waals surface area contributed by atoms with Gasteiger partial charge in [0.25, 0.3) is 0 Å². The number of hydrogen-bond acceptors (Lipinski definition) is 3. The number of hydrogen-bond donors (Lipinski definition) is 2. The fourth-order valence-electron chi connectivity index (χ4n) is 3.18. The number of nitrogens with zero attached hydrogens (tertiary/aromatic N) is 1. The minimum atomic E-state index is 0.265. The third kappa shape index (κ3) is 2.92. The number of nitrogens with one attached hydrogen (secondary N) is 1. The van der Waals surface area contributed by atoms with Crippen molar-refractivity contribution in [2.45, 2.75) is 38.1 Å². The molecule has 0 bridgehead atoms. The molecule has 0 amide bonds. The van der Waals surface area contributed by atoms with Crippen LogP contribution in [-0.4, -0.2) is 48.8 Å². The van der Waals surface area contributed by atoms with Gasteiger partial charge in [0.05, 0.1) is 6.61 Å². The van der Waals surface area contributed by atoms with E-state index in [0.717, 1.165) is 25.0 Å². The first-order chi connectivity index (χ1) is 7.42. The molecule has 2 atom stereocenters. The SMILES string of the molecule is OCCNC[C@@H]1CCCN2CCCC[C@H]12. The third-order valence-corrected chi connectivity index (χ3v) is 3.92. The molecule has 88 valence electrons. The zero-order valence-corrected chi connectivity index (χ0v) is 9.62. The van der Waals surface area contributed by atoms with Crippen molar-refractivity contribution in [2.75, 3.05) is 32.8 Å². The molecule has 0 unspecified atom stereocenters. The molecule has 2 aliphatic heterocycles. The second kappa shape index (κ2) is 5.83. The van der Waals surface area contributed by atoms with Crippen LogP contribution in [-0.2, 0) is 0 Å². The molecule has 0 aromatic rings. The van der Waals surface area contributed by atoms with E-state index < -0.39 is 0 Å². The summed E-state index contributed by atoms with van der Waals surface area (Å²) in [4.78, 5) is 2.69. The van der Waals surface area contributed by atoms with Crippen LogP contribution in [0.15, 0.2) is 0 Å². The number of rotatable bonds is 4. The summed E-state index contributed by atoms with van der Waals surface area (Å²) in [5.41, 5.74) is 0. The summed E-state index contributed by atoms with van der Waals surface area (Å²) in [5.74, 6) is 0.825. The van der Waals surface area contributed by atoms with Gasteiger partial charge >= 0.3 is 0 Å². The van der Waals surface area contributed by atoms with Crippen molar-refractivity contribution >= 4 is 0 Å². The molecule has 2 N–H and O–H groups in total. The van der Waals surface area contributed by atoms with Crippen LogP contribution in [0.2, 0.25) is 0 Å². The highest BCUT2D eigenvalue weighted by atomic mass is 16.3. The lowest BCUT2D eigenvalue weighted by molar-refractivity contribution is 0.0590. The van der Waals surface area contributed by atoms with Crippen molar-refractivity contribution in [1.29, 1.82) is 0 Å². The molecule has 0 radical (unpaired) electrons. The minimum Gasteiger partial charge on any atom is -0.395 e. The molecule has 3 heteroatoms. The van der Waals surface area contributed by atoms with Gasteiger partial charge in [-0.2, -0.15) is 0 Å². The fourth-order valence-corrected chi connectivity index (χ4v) is 3.18. The van der Waals surface area contributed by atoms with Crippen molar-refractivity contribution in [1.82, 2.24) is 10.2 Å². The van der Waals surface area contributed by atoms with Crippen LogP contribution < -0.4 is 5.32 Å². The Hall–Kier alpha value is -0.120. The summed E-state index contributed by atoms with van der Waals surface area (Å²) in [6.07, 6.45) is 6.94. The molecule has 15 heavy (non-hydrogen) atoms. The van der Waals surface area contributed by atoms with Gasteiger partial charge in [0.2, 0.25) is 0 Å². The van der Waals surface area contributed by atoms with E-state index in [4.69, 9.17) is 5.11 Å². The van der Waals surface area contributed by atoms with Gasteiger partial charge in [-0.05, 0) is 51.2 Å². The van der Waals surface area contributed by atoms with Gasteiger partial charge in [-0.1, -0.05) is 6.42 Å². The smallest absolute Gasteiger partial charge is 0.0555 e. The number of aliphatic hydroxyl groups is 1. The van der Waals surface area contributed by atoms with Crippen molar-refractivity contribution < 1.29 is 5.11 Å². The molecule has 0 aromatic carbocycles. The normalized spacial score (nSPS) is 32.6. The molecule has 2 saturated heterocycles. The first-order valence-electron chi connectivity index (χ1n) is 6.47. The maximum absolute atomic E-state index is 8.76. The summed E-state index contributed by atoms with van der Waals surface area (Å²) in [6.45, 7) is 4.76. The molecule has 0 spiro atoms. The summed E-state index contributed by atoms with van der Waals surface area (Å²) >= 11 is 0. The van der Waals surface area contributed by atoms with Crippen molar-refractivity contribution in [2.24, 2.45) is 5.92 Å². The summed E-state index contributed by atoms with van der Waals surface area (Å²) in [7, 11) is 0. The molecule has 2 heterocycles. The average molecular weight is 212 g/mol. The van der Waals surface area contributed by atoms with Gasteiger partial charge in [0.1, 0.15) is 0 Å². The average Bonchev–Trinajstić information content (AvgIpc) is 2.30. The highest BCUT2D eigenvalue weighted by Gasteiger charge is 2.32. The van der Waals surface area contributed by atoms with Gasteiger partial charge in [-0.3, -0.25) is 0 Å². The van der Waals surface area contributed by atoms with E-state index in [-0.39, 0.29) is 6.61 Å². The maximum atomic E-state index is 8.76. The highest BCUT2D eigenvalue weighted by molar-refractivity contribution is 4.87. The standard InChI is InChI=1S/C12H24N2O/c15-9-6-13-10-11-4-3-8-14-7-2-1-5-12(11)14/h11-13,15H,1-10H2/t11-,12+/m0/s1. The zero-order chi connectivity index (χ0) is 10.5. The van der Waals surface area contributed by atoms with E-state index in [1.165, 1.54) is 45.2 Å². The van der Waals surface area contributed by atoms with E-state index >= 15 is 0 Å². The summed E-state index contributed by atoms with van der Waals surface area (Å²) < 4.78 is 0. The molecule has 0 aromatic heterocycles. The van der Waals surface area contributed by atoms with Crippen LogP contribution in [0.4, 0.5) is 0 Å². The lowest BCUT2D eigenvalue weighted by atomic mass is 9.83. The molecule has 0 saturated carbocycles. The third-order valence-electron chi connectivity index (χ3n) is 3.92. The number of piperidine rings is 2. The van der Waals surface area contributed by atoms with Crippen LogP contribution in [0.3, 0.4) is 0 Å². The lowest BCUT2D eigenvalue weighted by Gasteiger charge is -2.44. The highest BCUT2D eigenvalue weighted by Crippen LogP contribution is 2.30. The monoisotopic (exact) mass is 212 g/mol. The van der Waals surface area contributed by atoms with Gasteiger partial charge in [0.15, 0.2) is 0 Å². The quantitative estimate of drug-likeness (QED) is 0.678. The predicted octanol–water partition coefficient (Wildman–Crippen LogP) is 0.833. The van der Waals surface area contributed by atoms with E-state index in [0.29, 0.717) is 0 Å². The first-order valence-corrected chi connectivity index (χ1v) is 6.47. The van der Waals surface area contributed by atoms with Crippen LogP contribution in [0.5, 0.6) is 0 Å². The summed E-state index contributed by atoms with van der Waals surface area (Å²) in [6, 6.07) is 0.832. The van der Waals surface area contributed by atoms with Gasteiger partial charge in [-0.25, -0.2) is 0 Å². The van der Waals surface area contributed by atoms with Gasteiger partial charge in [0, 0.05) is 12.6 Å². The van der Waals surface area contributed by atoms with Crippen LogP contribution in [0.25, 0.3) is 0 Å². The van der Waals surface area contributed by atoms with Gasteiger partial charge in [-0.15, -0.1) is 0 Å². The molecular weight excluding hydrogens is 188 g/mol. The Kier molecular flexibility index (Phi) is 4.42. The first kappa shape index (κ1) is 11.4. The molecular formula is C12H24N2O.